The third kappa shape index (κ3) is 3.62. The molecule has 20 heavy (non-hydrogen) atoms. The zero-order valence-electron chi connectivity index (χ0n) is 12.2. The zero-order valence-corrected chi connectivity index (χ0v) is 13.1. The Bertz CT molecular complexity index is 563. The van der Waals surface area contributed by atoms with Crippen molar-refractivity contribution >= 4 is 17.2 Å². The van der Waals surface area contributed by atoms with Gasteiger partial charge in [0.05, 0.1) is 9.75 Å². The summed E-state index contributed by atoms with van der Waals surface area (Å²) in [5, 5.41) is 11.8. The molecule has 1 aromatic heterocycles. The minimum Gasteiger partial charge on any atom is -0.384 e. The molecule has 4 heteroatoms. The Hall–Kier alpha value is -1.31. The lowest BCUT2D eigenvalue weighted by Crippen LogP contribution is -2.33. The van der Waals surface area contributed by atoms with Gasteiger partial charge in [-0.3, -0.25) is 4.79 Å². The third-order valence-electron chi connectivity index (χ3n) is 3.73. The van der Waals surface area contributed by atoms with E-state index in [1.54, 1.807) is 0 Å². The highest BCUT2D eigenvalue weighted by atomic mass is 32.1. The van der Waals surface area contributed by atoms with Gasteiger partial charge in [0.2, 0.25) is 0 Å². The topological polar surface area (TPSA) is 49.3 Å². The Morgan fingerprint density at radius 3 is 2.95 bits per heavy atom. The van der Waals surface area contributed by atoms with Gasteiger partial charge in [0.15, 0.2) is 0 Å². The second kappa shape index (κ2) is 5.99. The summed E-state index contributed by atoms with van der Waals surface area (Å²) >= 11 is 1.39. The van der Waals surface area contributed by atoms with Crippen LogP contribution in [0.25, 0.3) is 0 Å². The maximum atomic E-state index is 12.3. The first-order valence-corrected chi connectivity index (χ1v) is 7.74. The summed E-state index contributed by atoms with van der Waals surface area (Å²) in [5.41, 5.74) is 1.33. The fourth-order valence-electron chi connectivity index (χ4n) is 2.65. The van der Waals surface area contributed by atoms with Crippen molar-refractivity contribution in [3.63, 3.8) is 0 Å². The van der Waals surface area contributed by atoms with Gasteiger partial charge in [0.25, 0.3) is 5.91 Å². The van der Waals surface area contributed by atoms with E-state index in [1.807, 2.05) is 13.0 Å². The molecule has 2 N–H and O–H groups in total. The van der Waals surface area contributed by atoms with Gasteiger partial charge < -0.3 is 10.4 Å². The molecule has 0 aromatic carbocycles. The second-order valence-electron chi connectivity index (χ2n) is 6.16. The normalized spacial score (nSPS) is 20.3. The van der Waals surface area contributed by atoms with Crippen LogP contribution < -0.4 is 5.32 Å². The number of nitrogens with one attached hydrogen (secondary N) is 1. The van der Waals surface area contributed by atoms with Crippen LogP contribution in [0, 0.1) is 24.2 Å². The number of amides is 1. The van der Waals surface area contributed by atoms with E-state index in [-0.39, 0.29) is 18.6 Å². The van der Waals surface area contributed by atoms with Gasteiger partial charge >= 0.3 is 0 Å². The quantitative estimate of drug-likeness (QED) is 0.823. The predicted molar refractivity (Wildman–Crippen MR) is 81.9 cm³/mol. The standard InChI is InChI=1S/C16H21NO2S/c1-11-9-14(20-13(11)5-4-8-18)15(19)17-12-6-7-16(2,3)10-12/h9,12,18H,6-8,10H2,1-3H3,(H,17,19). The Labute approximate surface area is 124 Å². The molecule has 0 spiro atoms. The van der Waals surface area contributed by atoms with Crippen molar-refractivity contribution in [3.8, 4) is 11.8 Å². The highest BCUT2D eigenvalue weighted by Crippen LogP contribution is 2.37. The van der Waals surface area contributed by atoms with Crippen LogP contribution in [0.4, 0.5) is 0 Å². The Morgan fingerprint density at radius 2 is 2.35 bits per heavy atom. The van der Waals surface area contributed by atoms with Gasteiger partial charge in [-0.05, 0) is 43.2 Å². The predicted octanol–water partition coefficient (Wildman–Crippen LogP) is 2.71. The SMILES string of the molecule is Cc1cc(C(=O)NC2CCC(C)(C)C2)sc1C#CCO. The van der Waals surface area contributed by atoms with Crippen LogP contribution in [-0.2, 0) is 0 Å². The minimum atomic E-state index is -0.157. The number of aliphatic hydroxyl groups excluding tert-OH is 1. The first kappa shape index (κ1) is 15.1. The van der Waals surface area contributed by atoms with E-state index in [2.05, 4.69) is 31.0 Å². The Morgan fingerprint density at radius 1 is 1.60 bits per heavy atom. The minimum absolute atomic E-state index is 0.00199. The summed E-state index contributed by atoms with van der Waals surface area (Å²) in [4.78, 5) is 13.8. The van der Waals surface area contributed by atoms with Gasteiger partial charge in [0, 0.05) is 6.04 Å². The molecule has 0 saturated heterocycles. The number of hydrogen-bond donors (Lipinski definition) is 2. The summed E-state index contributed by atoms with van der Waals surface area (Å²) in [6.07, 6.45) is 3.26. The molecule has 3 nitrogen and oxygen atoms in total. The maximum Gasteiger partial charge on any atom is 0.261 e. The summed E-state index contributed by atoms with van der Waals surface area (Å²) in [6.45, 7) is 6.28. The highest BCUT2D eigenvalue weighted by molar-refractivity contribution is 7.14. The number of hydrogen-bond acceptors (Lipinski definition) is 3. The molecular formula is C16H21NO2S. The maximum absolute atomic E-state index is 12.3. The van der Waals surface area contributed by atoms with Crippen molar-refractivity contribution in [2.75, 3.05) is 6.61 Å². The largest absolute Gasteiger partial charge is 0.384 e. The molecule has 0 radical (unpaired) electrons. The first-order chi connectivity index (χ1) is 9.41. The summed E-state index contributed by atoms with van der Waals surface area (Å²) in [6, 6.07) is 2.16. The summed E-state index contributed by atoms with van der Waals surface area (Å²) in [5.74, 6) is 5.51. The molecular weight excluding hydrogens is 270 g/mol. The molecule has 2 rings (SSSR count). The third-order valence-corrected chi connectivity index (χ3v) is 4.88. The van der Waals surface area contributed by atoms with Crippen molar-refractivity contribution < 1.29 is 9.90 Å². The number of carbonyl (C=O) groups is 1. The van der Waals surface area contributed by atoms with Gasteiger partial charge in [0.1, 0.15) is 6.61 Å². The average molecular weight is 291 g/mol. The van der Waals surface area contributed by atoms with Crippen molar-refractivity contribution in [2.45, 2.75) is 46.1 Å². The van der Waals surface area contributed by atoms with Gasteiger partial charge in [-0.25, -0.2) is 0 Å². The van der Waals surface area contributed by atoms with Gasteiger partial charge in [-0.1, -0.05) is 25.7 Å². The molecule has 1 amide bonds. The fraction of sp³-hybridized carbons (Fsp3) is 0.562. The second-order valence-corrected chi connectivity index (χ2v) is 7.21. The molecule has 1 fully saturated rings. The van der Waals surface area contributed by atoms with E-state index in [4.69, 9.17) is 5.11 Å². The molecule has 1 atom stereocenters. The smallest absolute Gasteiger partial charge is 0.261 e. The zero-order chi connectivity index (χ0) is 14.8. The van der Waals surface area contributed by atoms with Crippen LogP contribution >= 0.6 is 11.3 Å². The monoisotopic (exact) mass is 291 g/mol. The number of carbonyl (C=O) groups excluding carboxylic acids is 1. The van der Waals surface area contributed by atoms with Crippen LogP contribution in [0.15, 0.2) is 6.07 Å². The lowest BCUT2D eigenvalue weighted by atomic mass is 9.92. The first-order valence-electron chi connectivity index (χ1n) is 6.92. The van der Waals surface area contributed by atoms with E-state index < -0.39 is 0 Å². The Kier molecular flexibility index (Phi) is 4.52. The lowest BCUT2D eigenvalue weighted by Gasteiger charge is -2.17. The number of thiophene rings is 1. The molecule has 0 bridgehead atoms. The van der Waals surface area contributed by atoms with Gasteiger partial charge in [-0.2, -0.15) is 0 Å². The number of aliphatic hydroxyl groups is 1. The molecule has 1 unspecified atom stereocenters. The van der Waals surface area contributed by atoms with Crippen LogP contribution in [0.5, 0.6) is 0 Å². The molecule has 1 heterocycles. The molecule has 1 aromatic rings. The summed E-state index contributed by atoms with van der Waals surface area (Å²) in [7, 11) is 0. The number of aryl methyl sites for hydroxylation is 1. The van der Waals surface area contributed by atoms with Crippen molar-refractivity contribution in [1.29, 1.82) is 0 Å². The van der Waals surface area contributed by atoms with E-state index in [0.717, 1.165) is 29.7 Å². The van der Waals surface area contributed by atoms with Crippen molar-refractivity contribution in [3.05, 3.63) is 21.4 Å². The molecule has 1 saturated carbocycles. The van der Waals surface area contributed by atoms with Crippen LogP contribution in [0.2, 0.25) is 0 Å². The molecule has 0 aliphatic heterocycles. The van der Waals surface area contributed by atoms with Crippen molar-refractivity contribution in [1.82, 2.24) is 5.32 Å². The van der Waals surface area contributed by atoms with Crippen LogP contribution in [0.3, 0.4) is 0 Å². The number of rotatable bonds is 2. The Balaban J connectivity index is 2.03. The van der Waals surface area contributed by atoms with E-state index in [0.29, 0.717) is 10.3 Å². The molecule has 1 aliphatic rings. The fourth-order valence-corrected chi connectivity index (χ4v) is 3.60. The summed E-state index contributed by atoms with van der Waals surface area (Å²) < 4.78 is 0. The lowest BCUT2D eigenvalue weighted by molar-refractivity contribution is 0.0940. The average Bonchev–Trinajstić information content (AvgIpc) is 2.90. The van der Waals surface area contributed by atoms with E-state index >= 15 is 0 Å². The van der Waals surface area contributed by atoms with Gasteiger partial charge in [-0.15, -0.1) is 11.3 Å². The van der Waals surface area contributed by atoms with E-state index in [9.17, 15) is 4.79 Å². The highest BCUT2D eigenvalue weighted by Gasteiger charge is 2.32. The van der Waals surface area contributed by atoms with Crippen molar-refractivity contribution in [2.24, 2.45) is 5.41 Å². The van der Waals surface area contributed by atoms with Crippen LogP contribution in [-0.4, -0.2) is 23.7 Å². The van der Waals surface area contributed by atoms with Crippen LogP contribution in [0.1, 0.15) is 53.2 Å². The van der Waals surface area contributed by atoms with E-state index in [1.165, 1.54) is 11.3 Å². The molecule has 108 valence electrons. The molecule has 1 aliphatic carbocycles.